The molecular weight excluding hydrogens is 1920 g/mol. The number of aryl methyl sites for hydroxylation is 1. The number of ketones is 2. The van der Waals surface area contributed by atoms with Crippen LogP contribution in [0, 0.1) is 12.7 Å². The molecule has 0 saturated carbocycles. The van der Waals surface area contributed by atoms with Crippen molar-refractivity contribution in [2.45, 2.75) is 185 Å². The lowest BCUT2D eigenvalue weighted by Crippen LogP contribution is -2.31. The van der Waals surface area contributed by atoms with Gasteiger partial charge in [0.1, 0.15) is 11.6 Å². The fourth-order valence-electron chi connectivity index (χ4n) is 17.6. The first-order valence-electron chi connectivity index (χ1n) is 51.3. The zero-order valence-electron chi connectivity index (χ0n) is 90.1. The highest BCUT2D eigenvalue weighted by Crippen LogP contribution is 2.41. The second-order valence-electron chi connectivity index (χ2n) is 39.5. The number of benzene rings is 9. The molecule has 0 bridgehead atoms. The summed E-state index contributed by atoms with van der Waals surface area (Å²) in [5, 5.41) is 7.12. The molecule has 0 saturated heterocycles. The third-order valence-corrected chi connectivity index (χ3v) is 26.1. The van der Waals surface area contributed by atoms with Crippen molar-refractivity contribution in [3.05, 3.63) is 453 Å². The number of carbonyl (C=O) groups excluding carboxylic acids is 4. The maximum Gasteiger partial charge on any atom is 0.252 e. The molecule has 770 valence electrons. The molecule has 0 fully saturated rings. The van der Waals surface area contributed by atoms with Gasteiger partial charge in [0.15, 0.2) is 5.78 Å². The predicted octanol–water partition coefficient (Wildman–Crippen LogP) is 33.6. The lowest BCUT2D eigenvalue weighted by molar-refractivity contribution is -0.117. The fourth-order valence-corrected chi connectivity index (χ4v) is 18.2. The van der Waals surface area contributed by atoms with Crippen molar-refractivity contribution in [2.75, 3.05) is 34.2 Å². The molecule has 0 unspecified atom stereocenters. The number of hydrogen-bond acceptors (Lipinski definition) is 13. The van der Waals surface area contributed by atoms with Gasteiger partial charge in [0.25, 0.3) is 11.8 Å². The Morgan fingerprint density at radius 2 is 0.627 bits per heavy atom. The van der Waals surface area contributed by atoms with Crippen LogP contribution in [0.2, 0.25) is 15.1 Å². The van der Waals surface area contributed by atoms with Gasteiger partial charge >= 0.3 is 0 Å². The summed E-state index contributed by atoms with van der Waals surface area (Å²) in [4.78, 5) is 84.7. The van der Waals surface area contributed by atoms with Gasteiger partial charge in [-0.05, 0) is 251 Å². The third kappa shape index (κ3) is 32.4. The number of carbonyl (C=O) groups is 4. The number of pyridine rings is 8. The minimum Gasteiger partial charge on any atom is -0.355 e. The summed E-state index contributed by atoms with van der Waals surface area (Å²) >= 11 is 18.2. The summed E-state index contributed by atoms with van der Waals surface area (Å²) in [5.41, 5.74) is 34.4. The molecule has 19 heteroatoms. The Morgan fingerprint density at radius 3 is 1.01 bits per heavy atom. The van der Waals surface area contributed by atoms with Crippen molar-refractivity contribution in [1.82, 2.24) is 55.4 Å². The molecule has 2 amide bonds. The number of rotatable bonds is 23. The van der Waals surface area contributed by atoms with E-state index in [1.54, 1.807) is 38.5 Å². The topological polar surface area (TPSA) is 199 Å². The number of halogens is 4. The van der Waals surface area contributed by atoms with E-state index in [0.29, 0.717) is 98.7 Å². The lowest BCUT2D eigenvalue weighted by atomic mass is 9.91. The highest BCUT2D eigenvalue weighted by Gasteiger charge is 2.24. The minimum absolute atomic E-state index is 0.0383. The van der Waals surface area contributed by atoms with Crippen LogP contribution in [0.15, 0.2) is 353 Å². The van der Waals surface area contributed by atoms with Crippen molar-refractivity contribution in [3.63, 3.8) is 0 Å². The monoisotopic (exact) mass is 2050 g/mol. The predicted molar refractivity (Wildman–Crippen MR) is 622 cm³/mol. The average molecular weight is 2060 g/mol. The first kappa shape index (κ1) is 116. The van der Waals surface area contributed by atoms with Crippen LogP contribution in [-0.4, -0.2) is 102 Å². The molecule has 0 atom stereocenters. The van der Waals surface area contributed by atoms with Crippen LogP contribution in [0.4, 0.5) is 4.39 Å². The van der Waals surface area contributed by atoms with Gasteiger partial charge in [-0.15, -0.1) is 0 Å². The van der Waals surface area contributed by atoms with Crippen molar-refractivity contribution in [3.8, 4) is 100 Å². The van der Waals surface area contributed by atoms with Crippen molar-refractivity contribution in [2.24, 2.45) is 0 Å². The molecule has 1 aliphatic rings. The molecule has 8 aromatic heterocycles. The Bertz CT molecular complexity index is 7350. The molecule has 18 rings (SSSR count). The van der Waals surface area contributed by atoms with E-state index in [4.69, 9.17) is 34.8 Å². The molecule has 2 N–H and O–H groups in total. The van der Waals surface area contributed by atoms with Crippen molar-refractivity contribution >= 4 is 58.2 Å². The summed E-state index contributed by atoms with van der Waals surface area (Å²) < 4.78 is 13.1. The molecule has 1 aliphatic carbocycles. The number of nitrogens with one attached hydrogen (secondary N) is 2. The molecule has 15 nitrogen and oxygen atoms in total. The van der Waals surface area contributed by atoms with E-state index in [0.717, 1.165) is 113 Å². The Labute approximate surface area is 902 Å². The largest absolute Gasteiger partial charge is 0.355 e. The summed E-state index contributed by atoms with van der Waals surface area (Å²) in [5.74, 6) is 3.01. The summed E-state index contributed by atoms with van der Waals surface area (Å²) in [6.45, 7) is 39.2. The van der Waals surface area contributed by atoms with Gasteiger partial charge in [-0.25, -0.2) is 4.39 Å². The van der Waals surface area contributed by atoms with Gasteiger partial charge in [-0.3, -0.25) is 59.0 Å². The highest BCUT2D eigenvalue weighted by atomic mass is 35.5. The molecule has 9 aromatic carbocycles. The first-order valence-corrected chi connectivity index (χ1v) is 52.5. The van der Waals surface area contributed by atoms with Gasteiger partial charge in [-0.1, -0.05) is 346 Å². The number of aromatic nitrogens is 8. The SMILES string of the molecule is CC(=O)c1cccc(-c2cccnc2C(C)C)c1.CC(C)c1ncccc1-c1ccc(Cl)c(Cl)c1.CC(C)c1ncccc1-c1ccc2c(c1)CC(=O)C2.CC(C)c1ncccc1-c1cccc(C(=O)NCCN(C)C)c1.CC(C)c1ncccc1-c1ccccc1.CC(C)c1ncccc1-c1ccccc1-c1ccccc1.CNC(=O)c1ccc(-c2cccnc2C(C)C)cc1Cl.Cc1cc(F)ccc1-c1cccnc1C(C)C. The van der Waals surface area contributed by atoms with Gasteiger partial charge < -0.3 is 15.5 Å². The summed E-state index contributed by atoms with van der Waals surface area (Å²) in [6, 6.07) is 99.6. The van der Waals surface area contributed by atoms with Crippen molar-refractivity contribution in [1.29, 1.82) is 0 Å². The Morgan fingerprint density at radius 1 is 0.307 bits per heavy atom. The van der Waals surface area contributed by atoms with Gasteiger partial charge in [-0.2, -0.15) is 0 Å². The van der Waals surface area contributed by atoms with Gasteiger partial charge in [0, 0.05) is 138 Å². The van der Waals surface area contributed by atoms with E-state index in [2.05, 4.69) is 295 Å². The van der Waals surface area contributed by atoms with Crippen LogP contribution in [0.3, 0.4) is 0 Å². The standard InChI is InChI=1S/C20H19N.C19H25N3O.C17H17NO.C16H17ClN2O.C16H17NO.C15H16FN.C14H13Cl2N.C14H15N/c1-15(2)20-19(13-8-14-21-20)18-12-7-6-11-17(18)16-9-4-3-5-10-16;1-14(2)18-17(9-6-10-20-18)15-7-5-8-16(13-15)19(23)21-11-12-22(3)4;1-11(2)17-16(4-3-7-18-17)13-6-5-12-9-15(19)10-14(12)8-13;1-10(2)15-12(5-4-8-19-15)11-6-7-13(14(17)9-11)16(20)18-3;1-11(2)16-15(8-5-9-17-16)14-7-4-6-13(10-14)12(3)18;1-10(2)15-14(5-4-8-17-15)13-7-6-12(16)9-11(13)3;1-9(2)14-11(4-3-7-17-14)10-5-6-12(15)13(16)8-10;1-11(2)14-13(9-6-10-15-14)12-7-4-3-5-8-12/h3-15H,1-2H3;5-10,13-14H,11-12H2,1-4H3,(H,21,23);3-8,11H,9-10H2,1-2H3;4-10H,1-3H3,(H,18,20);4-11H,1-3H3;4-10H,1-3H3;3-9H,1-2H3;3-11H,1-2H3. The highest BCUT2D eigenvalue weighted by molar-refractivity contribution is 6.42. The summed E-state index contributed by atoms with van der Waals surface area (Å²) in [7, 11) is 5.57. The second-order valence-corrected chi connectivity index (χ2v) is 40.7. The lowest BCUT2D eigenvalue weighted by Gasteiger charge is -2.15. The normalized spacial score (nSPS) is 11.2. The zero-order chi connectivity index (χ0) is 108. The average Bonchev–Trinajstić information content (AvgIpc) is 0.892. The van der Waals surface area contributed by atoms with Crippen LogP contribution in [0.25, 0.3) is 100 Å². The Hall–Kier alpha value is -14.8. The number of likely N-dealkylation sites (N-methyl/N-ethyl adjacent to an activating group) is 1. The van der Waals surface area contributed by atoms with E-state index in [1.807, 2.05) is 215 Å². The van der Waals surface area contributed by atoms with Crippen LogP contribution >= 0.6 is 34.8 Å². The van der Waals surface area contributed by atoms with Crippen LogP contribution in [-0.2, 0) is 17.6 Å². The maximum absolute atomic E-state index is 13.1. The zero-order valence-corrected chi connectivity index (χ0v) is 92.4. The maximum atomic E-state index is 13.1. The van der Waals surface area contributed by atoms with Crippen LogP contribution in [0.1, 0.15) is 258 Å². The van der Waals surface area contributed by atoms with E-state index >= 15 is 0 Å². The molecular formula is C131H139Cl3FN11O4. The first-order chi connectivity index (χ1) is 72.0. The van der Waals surface area contributed by atoms with E-state index in [-0.39, 0.29) is 23.4 Å². The Kier molecular flexibility index (Phi) is 44.0. The van der Waals surface area contributed by atoms with Crippen LogP contribution in [0.5, 0.6) is 0 Å². The third-order valence-electron chi connectivity index (χ3n) is 25.1. The number of nitrogens with zero attached hydrogens (tertiary/aromatic N) is 9. The quantitative estimate of drug-likeness (QED) is 0.0574. The van der Waals surface area contributed by atoms with E-state index in [9.17, 15) is 23.6 Å². The summed E-state index contributed by atoms with van der Waals surface area (Å²) in [6.07, 6.45) is 15.8. The fraction of sp³-hybridized carbons (Fsp3) is 0.252. The van der Waals surface area contributed by atoms with E-state index < -0.39 is 0 Å². The number of hydrogen-bond donors (Lipinski definition) is 2. The van der Waals surface area contributed by atoms with Crippen molar-refractivity contribution < 1.29 is 23.6 Å². The molecule has 8 heterocycles. The molecule has 17 aromatic rings. The molecule has 150 heavy (non-hydrogen) atoms. The molecule has 0 aliphatic heterocycles. The van der Waals surface area contributed by atoms with Gasteiger partial charge in [0.05, 0.1) is 66.2 Å². The van der Waals surface area contributed by atoms with Crippen LogP contribution < -0.4 is 10.6 Å². The number of fused-ring (bicyclic) bond motifs is 1. The second kappa shape index (κ2) is 57.1. The van der Waals surface area contributed by atoms with E-state index in [1.165, 1.54) is 67.4 Å². The number of Topliss-reactive ketones (excluding diaryl/α,β-unsaturated/α-hetero) is 2. The Balaban J connectivity index is 0.000000163. The molecule has 0 radical (unpaired) electrons. The minimum atomic E-state index is -0.193. The number of amides is 2. The smallest absolute Gasteiger partial charge is 0.252 e. The molecule has 0 spiro atoms. The van der Waals surface area contributed by atoms with Gasteiger partial charge in [0.2, 0.25) is 0 Å².